The molecule has 0 unspecified atom stereocenters. The molecule has 0 spiro atoms. The van der Waals surface area contributed by atoms with Crippen LogP contribution in [-0.2, 0) is 16.0 Å². The van der Waals surface area contributed by atoms with E-state index in [1.54, 1.807) is 6.92 Å². The maximum absolute atomic E-state index is 12.8. The lowest BCUT2D eigenvalue weighted by Gasteiger charge is -2.23. The van der Waals surface area contributed by atoms with Crippen LogP contribution in [0, 0.1) is 0 Å². The fourth-order valence-electron chi connectivity index (χ4n) is 4.08. The third-order valence-electron chi connectivity index (χ3n) is 5.62. The van der Waals surface area contributed by atoms with Gasteiger partial charge in [0.05, 0.1) is 0 Å². The van der Waals surface area contributed by atoms with Crippen molar-refractivity contribution in [1.29, 1.82) is 0 Å². The van der Waals surface area contributed by atoms with E-state index >= 15 is 0 Å². The van der Waals surface area contributed by atoms with Gasteiger partial charge in [-0.15, -0.1) is 0 Å². The molecular formula is C20H24N4O3. The van der Waals surface area contributed by atoms with Crippen LogP contribution in [0.2, 0.25) is 0 Å². The van der Waals surface area contributed by atoms with Gasteiger partial charge in [-0.05, 0) is 31.4 Å². The van der Waals surface area contributed by atoms with E-state index in [0.29, 0.717) is 6.42 Å². The number of rotatable bonds is 5. The van der Waals surface area contributed by atoms with Crippen molar-refractivity contribution in [2.24, 2.45) is 0 Å². The Morgan fingerprint density at radius 3 is 2.78 bits per heavy atom. The van der Waals surface area contributed by atoms with Crippen LogP contribution in [0.1, 0.15) is 38.2 Å². The number of amides is 4. The van der Waals surface area contributed by atoms with Crippen LogP contribution in [0.4, 0.5) is 4.79 Å². The van der Waals surface area contributed by atoms with E-state index in [1.807, 2.05) is 30.5 Å². The summed E-state index contributed by atoms with van der Waals surface area (Å²) in [6, 6.07) is 6.02. The molecule has 142 valence electrons. The summed E-state index contributed by atoms with van der Waals surface area (Å²) in [6.07, 6.45) is 6.39. The SMILES string of the molecule is C[C@H](C(=O)NC1CCCC1)N1C(=O)N[C@H](Cc2c[nH]c3ccccc23)C1=O. The molecule has 1 saturated carbocycles. The first-order valence-electron chi connectivity index (χ1n) is 9.53. The minimum absolute atomic E-state index is 0.155. The molecule has 2 aromatic rings. The lowest BCUT2D eigenvalue weighted by Crippen LogP contribution is -2.50. The number of hydrogen-bond donors (Lipinski definition) is 3. The fourth-order valence-corrected chi connectivity index (χ4v) is 4.08. The molecule has 7 heteroatoms. The summed E-state index contributed by atoms with van der Waals surface area (Å²) in [6.45, 7) is 1.61. The second-order valence-corrected chi connectivity index (χ2v) is 7.44. The fraction of sp³-hybridized carbons (Fsp3) is 0.450. The van der Waals surface area contributed by atoms with Crippen LogP contribution in [0.25, 0.3) is 10.9 Å². The standard InChI is InChI=1S/C20H24N4O3/c1-12(18(25)22-14-6-2-3-7-14)24-19(26)17(23-20(24)27)10-13-11-21-16-9-5-4-8-15(13)16/h4-5,8-9,11-12,14,17,21H,2-3,6-7,10H2,1H3,(H,22,25)(H,23,27)/t12-,17-/m1/s1. The van der Waals surface area contributed by atoms with Crippen LogP contribution in [0.15, 0.2) is 30.5 Å². The molecule has 2 fully saturated rings. The molecule has 27 heavy (non-hydrogen) atoms. The highest BCUT2D eigenvalue weighted by molar-refractivity contribution is 6.07. The number of nitrogens with one attached hydrogen (secondary N) is 3. The maximum Gasteiger partial charge on any atom is 0.325 e. The van der Waals surface area contributed by atoms with Gasteiger partial charge < -0.3 is 15.6 Å². The van der Waals surface area contributed by atoms with Crippen molar-refractivity contribution in [2.45, 2.75) is 57.2 Å². The number of imide groups is 1. The first kappa shape index (κ1) is 17.6. The highest BCUT2D eigenvalue weighted by Gasteiger charge is 2.43. The van der Waals surface area contributed by atoms with Gasteiger partial charge in [-0.3, -0.25) is 14.5 Å². The third kappa shape index (κ3) is 3.29. The predicted octanol–water partition coefficient (Wildman–Crippen LogP) is 2.08. The Bertz CT molecular complexity index is 884. The number of aromatic amines is 1. The Morgan fingerprint density at radius 2 is 2.00 bits per heavy atom. The van der Waals surface area contributed by atoms with E-state index in [4.69, 9.17) is 0 Å². The van der Waals surface area contributed by atoms with Crippen LogP contribution < -0.4 is 10.6 Å². The molecule has 1 saturated heterocycles. The second-order valence-electron chi connectivity index (χ2n) is 7.44. The van der Waals surface area contributed by atoms with Gasteiger partial charge in [-0.1, -0.05) is 31.0 Å². The zero-order chi connectivity index (χ0) is 19.0. The van der Waals surface area contributed by atoms with Gasteiger partial charge in [0.15, 0.2) is 0 Å². The number of hydrogen-bond acceptors (Lipinski definition) is 3. The van der Waals surface area contributed by atoms with Crippen molar-refractivity contribution in [3.63, 3.8) is 0 Å². The van der Waals surface area contributed by atoms with E-state index in [-0.39, 0.29) is 17.9 Å². The largest absolute Gasteiger partial charge is 0.361 e. The molecule has 4 rings (SSSR count). The lowest BCUT2D eigenvalue weighted by atomic mass is 10.0. The van der Waals surface area contributed by atoms with Gasteiger partial charge in [0.25, 0.3) is 5.91 Å². The summed E-state index contributed by atoms with van der Waals surface area (Å²) in [7, 11) is 0. The Morgan fingerprint density at radius 1 is 1.26 bits per heavy atom. The van der Waals surface area contributed by atoms with Crippen molar-refractivity contribution >= 4 is 28.7 Å². The summed E-state index contributed by atoms with van der Waals surface area (Å²) in [5, 5.41) is 6.73. The number of fused-ring (bicyclic) bond motifs is 1. The minimum Gasteiger partial charge on any atom is -0.361 e. The first-order chi connectivity index (χ1) is 13.0. The van der Waals surface area contributed by atoms with Crippen molar-refractivity contribution < 1.29 is 14.4 Å². The number of carbonyl (C=O) groups is 3. The summed E-state index contributed by atoms with van der Waals surface area (Å²) >= 11 is 0. The van der Waals surface area contributed by atoms with Crippen molar-refractivity contribution in [3.05, 3.63) is 36.0 Å². The van der Waals surface area contributed by atoms with Crippen molar-refractivity contribution in [2.75, 3.05) is 0 Å². The number of nitrogens with zero attached hydrogens (tertiary/aromatic N) is 1. The number of benzene rings is 1. The number of para-hydroxylation sites is 1. The van der Waals surface area contributed by atoms with Gasteiger partial charge in [0.1, 0.15) is 12.1 Å². The molecule has 3 N–H and O–H groups in total. The Hall–Kier alpha value is -2.83. The predicted molar refractivity (Wildman–Crippen MR) is 101 cm³/mol. The summed E-state index contributed by atoms with van der Waals surface area (Å²) in [5.41, 5.74) is 1.96. The summed E-state index contributed by atoms with van der Waals surface area (Å²) in [5.74, 6) is -0.613. The van der Waals surface area contributed by atoms with E-state index in [1.165, 1.54) is 0 Å². The average Bonchev–Trinajstić information content (AvgIpc) is 3.36. The van der Waals surface area contributed by atoms with Gasteiger partial charge in [-0.25, -0.2) is 4.79 Å². The number of aromatic nitrogens is 1. The molecule has 0 radical (unpaired) electrons. The van der Waals surface area contributed by atoms with Crippen molar-refractivity contribution in [3.8, 4) is 0 Å². The zero-order valence-electron chi connectivity index (χ0n) is 15.3. The topological polar surface area (TPSA) is 94.3 Å². The monoisotopic (exact) mass is 368 g/mol. The lowest BCUT2D eigenvalue weighted by molar-refractivity contribution is -0.135. The van der Waals surface area contributed by atoms with Crippen LogP contribution in [0.3, 0.4) is 0 Å². The van der Waals surface area contributed by atoms with Crippen LogP contribution in [0.5, 0.6) is 0 Å². The molecular weight excluding hydrogens is 344 g/mol. The molecule has 1 aliphatic heterocycles. The van der Waals surface area contributed by atoms with Crippen LogP contribution in [-0.4, -0.2) is 45.9 Å². The highest BCUT2D eigenvalue weighted by Crippen LogP contribution is 2.22. The molecule has 1 aromatic heterocycles. The zero-order valence-corrected chi connectivity index (χ0v) is 15.3. The molecule has 2 aliphatic rings. The van der Waals surface area contributed by atoms with Crippen molar-refractivity contribution in [1.82, 2.24) is 20.5 Å². The van der Waals surface area contributed by atoms with E-state index < -0.39 is 18.1 Å². The molecule has 4 amide bonds. The average molecular weight is 368 g/mol. The number of urea groups is 1. The first-order valence-corrected chi connectivity index (χ1v) is 9.53. The smallest absolute Gasteiger partial charge is 0.325 e. The van der Waals surface area contributed by atoms with E-state index in [0.717, 1.165) is 47.0 Å². The molecule has 1 aliphatic carbocycles. The van der Waals surface area contributed by atoms with E-state index in [2.05, 4.69) is 15.6 Å². The third-order valence-corrected chi connectivity index (χ3v) is 5.62. The Balaban J connectivity index is 1.45. The molecule has 2 atom stereocenters. The minimum atomic E-state index is -0.814. The summed E-state index contributed by atoms with van der Waals surface area (Å²) < 4.78 is 0. The van der Waals surface area contributed by atoms with Gasteiger partial charge in [0, 0.05) is 29.6 Å². The molecule has 2 heterocycles. The Kier molecular flexibility index (Phi) is 4.59. The van der Waals surface area contributed by atoms with Crippen LogP contribution >= 0.6 is 0 Å². The van der Waals surface area contributed by atoms with Gasteiger partial charge in [0.2, 0.25) is 5.91 Å². The van der Waals surface area contributed by atoms with Gasteiger partial charge in [-0.2, -0.15) is 0 Å². The quantitative estimate of drug-likeness (QED) is 0.705. The van der Waals surface area contributed by atoms with Gasteiger partial charge >= 0.3 is 6.03 Å². The normalized spacial score (nSPS) is 21.7. The molecule has 0 bridgehead atoms. The number of H-pyrrole nitrogens is 1. The summed E-state index contributed by atoms with van der Waals surface area (Å²) in [4.78, 5) is 41.9. The number of carbonyl (C=O) groups excluding carboxylic acids is 3. The Labute approximate surface area is 157 Å². The van der Waals surface area contributed by atoms with E-state index in [9.17, 15) is 14.4 Å². The molecule has 7 nitrogen and oxygen atoms in total. The second kappa shape index (κ2) is 7.06. The maximum atomic E-state index is 12.8. The highest BCUT2D eigenvalue weighted by atomic mass is 16.2. The molecule has 1 aromatic carbocycles.